The molecule has 0 bridgehead atoms. The van der Waals surface area contributed by atoms with Crippen molar-refractivity contribution in [1.82, 2.24) is 0 Å². The van der Waals surface area contributed by atoms with Crippen molar-refractivity contribution in [1.29, 1.82) is 0 Å². The van der Waals surface area contributed by atoms with Crippen LogP contribution in [0.4, 0.5) is 0 Å². The Labute approximate surface area is 52.3 Å². The molecule has 42 valence electrons. The highest BCUT2D eigenvalue weighted by Crippen LogP contribution is 1.90. The second-order valence-electron chi connectivity index (χ2n) is 0.804. The first-order chi connectivity index (χ1) is 3.31. The van der Waals surface area contributed by atoms with Gasteiger partial charge in [0.25, 0.3) is 0 Å². The van der Waals surface area contributed by atoms with Gasteiger partial charge >= 0.3 is 5.36 Å². The Morgan fingerprint density at radius 1 is 1.86 bits per heavy atom. The predicted molar refractivity (Wildman–Crippen MR) is 30.8 cm³/mol. The summed E-state index contributed by atoms with van der Waals surface area (Å²) in [6.45, 7) is 2.42. The molecule has 0 aliphatic rings. The maximum Gasteiger partial charge on any atom is 0.302 e. The smallest absolute Gasteiger partial charge is 0.302 e. The highest BCUT2D eigenvalue weighted by Gasteiger charge is 1.85. The standard InChI is InChI=1S/C3H5Cl2NO/c1-2-6-3(4)7-5/h2H2,1H3. The van der Waals surface area contributed by atoms with Crippen molar-refractivity contribution in [3.63, 3.8) is 0 Å². The van der Waals surface area contributed by atoms with Gasteiger partial charge in [-0.05, 0) is 18.5 Å². The molecule has 0 aromatic carbocycles. The number of hydrogen-bond donors (Lipinski definition) is 0. The maximum atomic E-state index is 5.16. The van der Waals surface area contributed by atoms with Gasteiger partial charge in [-0.15, -0.1) is 0 Å². The largest absolute Gasteiger partial charge is 0.352 e. The molecule has 0 fully saturated rings. The first-order valence-electron chi connectivity index (χ1n) is 1.79. The van der Waals surface area contributed by atoms with Gasteiger partial charge < -0.3 is 4.29 Å². The monoisotopic (exact) mass is 141 g/mol. The molecule has 0 saturated carbocycles. The SMILES string of the molecule is CCN=C(Cl)OCl. The summed E-state index contributed by atoms with van der Waals surface area (Å²) in [5, 5.41) is -0.0100. The zero-order chi connectivity index (χ0) is 5.70. The summed E-state index contributed by atoms with van der Waals surface area (Å²) >= 11 is 9.93. The molecule has 7 heavy (non-hydrogen) atoms. The molecule has 0 aromatic heterocycles. The minimum absolute atomic E-state index is 0.0100. The van der Waals surface area contributed by atoms with Crippen molar-refractivity contribution in [3.8, 4) is 0 Å². The van der Waals surface area contributed by atoms with Crippen LogP contribution in [0.15, 0.2) is 4.99 Å². The molecule has 0 spiro atoms. The third kappa shape index (κ3) is 3.89. The van der Waals surface area contributed by atoms with E-state index in [1.165, 1.54) is 0 Å². The van der Waals surface area contributed by atoms with Crippen LogP contribution in [0.1, 0.15) is 6.92 Å². The summed E-state index contributed by atoms with van der Waals surface area (Å²) in [6, 6.07) is 0. The van der Waals surface area contributed by atoms with Crippen LogP contribution in [-0.4, -0.2) is 11.9 Å². The second kappa shape index (κ2) is 4.22. The molecule has 0 aliphatic carbocycles. The zero-order valence-electron chi connectivity index (χ0n) is 3.82. The van der Waals surface area contributed by atoms with Crippen molar-refractivity contribution >= 4 is 28.8 Å². The average molecular weight is 142 g/mol. The Bertz CT molecular complexity index is 73.3. The van der Waals surface area contributed by atoms with Gasteiger partial charge in [-0.2, -0.15) is 0 Å². The van der Waals surface area contributed by atoms with E-state index in [0.717, 1.165) is 0 Å². The van der Waals surface area contributed by atoms with Crippen LogP contribution in [0.25, 0.3) is 0 Å². The van der Waals surface area contributed by atoms with Crippen LogP contribution < -0.4 is 0 Å². The van der Waals surface area contributed by atoms with Gasteiger partial charge in [-0.25, -0.2) is 4.99 Å². The van der Waals surface area contributed by atoms with E-state index in [-0.39, 0.29) is 5.36 Å². The summed E-state index contributed by atoms with van der Waals surface area (Å²) in [5.74, 6) is 0. The molecule has 0 atom stereocenters. The number of hydrogen-bond acceptors (Lipinski definition) is 2. The van der Waals surface area contributed by atoms with Crippen LogP contribution in [-0.2, 0) is 4.29 Å². The van der Waals surface area contributed by atoms with Crippen LogP contribution >= 0.6 is 23.5 Å². The van der Waals surface area contributed by atoms with Crippen LogP contribution in [0.3, 0.4) is 0 Å². The Morgan fingerprint density at radius 3 is 2.57 bits per heavy atom. The fourth-order valence-electron chi connectivity index (χ4n) is 0.149. The fourth-order valence-corrected chi connectivity index (χ4v) is 0.317. The molecule has 0 heterocycles. The number of rotatable bonds is 1. The van der Waals surface area contributed by atoms with Crippen molar-refractivity contribution in [2.45, 2.75) is 6.92 Å². The quantitative estimate of drug-likeness (QED) is 0.403. The third-order valence-electron chi connectivity index (χ3n) is 0.346. The van der Waals surface area contributed by atoms with E-state index in [1.54, 1.807) is 0 Å². The van der Waals surface area contributed by atoms with Gasteiger partial charge in [0.05, 0.1) is 0 Å². The van der Waals surface area contributed by atoms with Gasteiger partial charge in [0.15, 0.2) is 0 Å². The van der Waals surface area contributed by atoms with Gasteiger partial charge in [-0.3, -0.25) is 0 Å². The molecule has 0 N–H and O–H groups in total. The maximum absolute atomic E-state index is 5.16. The van der Waals surface area contributed by atoms with Crippen molar-refractivity contribution in [3.05, 3.63) is 0 Å². The van der Waals surface area contributed by atoms with Crippen LogP contribution in [0.5, 0.6) is 0 Å². The molecule has 0 rings (SSSR count). The van der Waals surface area contributed by atoms with E-state index in [0.29, 0.717) is 6.54 Å². The third-order valence-corrected chi connectivity index (χ3v) is 0.768. The molecule has 0 aromatic rings. The van der Waals surface area contributed by atoms with Crippen molar-refractivity contribution in [2.75, 3.05) is 6.54 Å². The van der Waals surface area contributed by atoms with E-state index in [1.807, 2.05) is 6.92 Å². The molecular weight excluding hydrogens is 137 g/mol. The Hall–Kier alpha value is 0.0500. The number of aliphatic imine (C=N–C) groups is 1. The minimum Gasteiger partial charge on any atom is -0.352 e. The fraction of sp³-hybridized carbons (Fsp3) is 0.667. The highest BCUT2D eigenvalue weighted by atomic mass is 35.5. The number of nitrogens with zero attached hydrogens (tertiary/aromatic N) is 1. The lowest BCUT2D eigenvalue weighted by atomic mass is 10.8. The Kier molecular flexibility index (Phi) is 4.25. The van der Waals surface area contributed by atoms with Crippen LogP contribution in [0.2, 0.25) is 0 Å². The number of halogens is 2. The van der Waals surface area contributed by atoms with Gasteiger partial charge in [0, 0.05) is 6.54 Å². The normalized spacial score (nSPS) is 11.6. The summed E-state index contributed by atoms with van der Waals surface area (Å²) in [4.78, 5) is 3.57. The van der Waals surface area contributed by atoms with Crippen molar-refractivity contribution in [2.24, 2.45) is 4.99 Å². The lowest BCUT2D eigenvalue weighted by molar-refractivity contribution is 0.628. The van der Waals surface area contributed by atoms with Gasteiger partial charge in [0.1, 0.15) is 11.9 Å². The first-order valence-corrected chi connectivity index (χ1v) is 2.48. The van der Waals surface area contributed by atoms with Gasteiger partial charge in [-0.1, -0.05) is 0 Å². The molecule has 0 saturated heterocycles. The van der Waals surface area contributed by atoms with Crippen molar-refractivity contribution < 1.29 is 4.29 Å². The van der Waals surface area contributed by atoms with E-state index < -0.39 is 0 Å². The van der Waals surface area contributed by atoms with Gasteiger partial charge in [0.2, 0.25) is 0 Å². The Balaban J connectivity index is 3.29. The molecular formula is C3H5Cl2NO. The molecule has 2 nitrogen and oxygen atoms in total. The summed E-state index contributed by atoms with van der Waals surface area (Å²) in [7, 11) is 0. The first kappa shape index (κ1) is 7.05. The highest BCUT2D eigenvalue weighted by molar-refractivity contribution is 6.64. The lowest BCUT2D eigenvalue weighted by Crippen LogP contribution is -1.84. The average Bonchev–Trinajstić information content (AvgIpc) is 1.68. The molecule has 0 radical (unpaired) electrons. The predicted octanol–water partition coefficient (Wildman–Crippen LogP) is 1.77. The molecule has 0 amide bonds. The summed E-state index contributed by atoms with van der Waals surface area (Å²) in [6.07, 6.45) is 0. The van der Waals surface area contributed by atoms with E-state index in [9.17, 15) is 0 Å². The zero-order valence-corrected chi connectivity index (χ0v) is 5.33. The lowest BCUT2D eigenvalue weighted by Gasteiger charge is -1.84. The molecule has 4 heteroatoms. The minimum atomic E-state index is -0.0100. The summed E-state index contributed by atoms with van der Waals surface area (Å²) < 4.78 is 3.98. The van der Waals surface area contributed by atoms with E-state index >= 15 is 0 Å². The van der Waals surface area contributed by atoms with Crippen LogP contribution in [0, 0.1) is 0 Å². The molecule has 0 unspecified atom stereocenters. The Morgan fingerprint density at radius 2 is 2.43 bits per heavy atom. The van der Waals surface area contributed by atoms with E-state index in [2.05, 4.69) is 9.28 Å². The topological polar surface area (TPSA) is 21.6 Å². The molecule has 0 aliphatic heterocycles. The van der Waals surface area contributed by atoms with E-state index in [4.69, 9.17) is 23.5 Å². The second-order valence-corrected chi connectivity index (χ2v) is 1.28. The summed E-state index contributed by atoms with van der Waals surface area (Å²) in [5.41, 5.74) is 0.